The van der Waals surface area contributed by atoms with Crippen molar-refractivity contribution in [2.75, 3.05) is 18.0 Å². The predicted molar refractivity (Wildman–Crippen MR) is 158 cm³/mol. The average Bonchev–Trinajstić information content (AvgIpc) is 2.97. The van der Waals surface area contributed by atoms with Crippen LogP contribution < -0.4 is 14.4 Å². The van der Waals surface area contributed by atoms with Crippen molar-refractivity contribution in [1.29, 1.82) is 0 Å². The summed E-state index contributed by atoms with van der Waals surface area (Å²) in [5, 5.41) is 2.64. The number of sulfonamides is 1. The Morgan fingerprint density at radius 3 is 2.32 bits per heavy atom. The Kier molecular flexibility index (Phi) is 11.1. The molecule has 0 spiro atoms. The molecule has 0 bridgehead atoms. The van der Waals surface area contributed by atoms with Gasteiger partial charge in [-0.25, -0.2) is 12.8 Å². The molecular weight excluding hydrogens is 569 g/mol. The summed E-state index contributed by atoms with van der Waals surface area (Å²) in [5.74, 6) is -1.13. The minimum atomic E-state index is -4.29. The zero-order valence-corrected chi connectivity index (χ0v) is 25.1. The molecule has 41 heavy (non-hydrogen) atoms. The van der Waals surface area contributed by atoms with Crippen LogP contribution in [0, 0.1) is 5.82 Å². The van der Waals surface area contributed by atoms with Gasteiger partial charge in [0, 0.05) is 12.6 Å². The van der Waals surface area contributed by atoms with E-state index in [0.717, 1.165) is 16.4 Å². The van der Waals surface area contributed by atoms with E-state index in [1.807, 2.05) is 13.8 Å². The van der Waals surface area contributed by atoms with Gasteiger partial charge in [-0.2, -0.15) is 0 Å². The van der Waals surface area contributed by atoms with Crippen molar-refractivity contribution in [1.82, 2.24) is 10.2 Å². The molecular formula is C30H35ClFN3O5S. The van der Waals surface area contributed by atoms with Crippen molar-refractivity contribution < 1.29 is 27.1 Å². The summed E-state index contributed by atoms with van der Waals surface area (Å²) in [6, 6.07) is 17.1. The van der Waals surface area contributed by atoms with Crippen molar-refractivity contribution in [3.8, 4) is 5.75 Å². The number of nitrogens with zero attached hydrogens (tertiary/aromatic N) is 2. The monoisotopic (exact) mass is 603 g/mol. The topological polar surface area (TPSA) is 96.0 Å². The number of hydrogen-bond acceptors (Lipinski definition) is 5. The molecule has 3 aromatic rings. The second kappa shape index (κ2) is 14.3. The van der Waals surface area contributed by atoms with Crippen LogP contribution in [-0.4, -0.2) is 50.9 Å². The molecule has 0 saturated heterocycles. The third-order valence-electron chi connectivity index (χ3n) is 6.68. The lowest BCUT2D eigenvalue weighted by molar-refractivity contribution is -0.140. The number of methoxy groups -OCH3 is 1. The lowest BCUT2D eigenvalue weighted by Crippen LogP contribution is -2.53. The third kappa shape index (κ3) is 7.98. The highest BCUT2D eigenvalue weighted by atomic mass is 35.5. The van der Waals surface area contributed by atoms with Gasteiger partial charge in [-0.1, -0.05) is 55.8 Å². The summed E-state index contributed by atoms with van der Waals surface area (Å²) in [6.45, 7) is 4.95. The zero-order valence-electron chi connectivity index (χ0n) is 23.5. The first kappa shape index (κ1) is 31.9. The van der Waals surface area contributed by atoms with E-state index in [1.54, 1.807) is 49.4 Å². The maximum Gasteiger partial charge on any atom is 0.264 e. The highest BCUT2D eigenvalue weighted by Crippen LogP contribution is 2.28. The van der Waals surface area contributed by atoms with Gasteiger partial charge in [0.05, 0.1) is 22.7 Å². The van der Waals surface area contributed by atoms with Crippen LogP contribution >= 0.6 is 11.6 Å². The fraction of sp³-hybridized carbons (Fsp3) is 0.333. The van der Waals surface area contributed by atoms with Crippen molar-refractivity contribution in [3.63, 3.8) is 0 Å². The SMILES string of the molecule is CC[C@@H](C)NC(=O)[C@H](CC)N(Cc1cccc(OC)c1)C(=O)CN(c1ccc(F)c(Cl)c1)S(=O)(=O)c1ccccc1. The van der Waals surface area contributed by atoms with E-state index in [-0.39, 0.29) is 40.5 Å². The number of halogens is 2. The second-order valence-corrected chi connectivity index (χ2v) is 11.8. The van der Waals surface area contributed by atoms with Gasteiger partial charge in [0.1, 0.15) is 24.2 Å². The smallest absolute Gasteiger partial charge is 0.264 e. The molecule has 8 nitrogen and oxygen atoms in total. The van der Waals surface area contributed by atoms with Gasteiger partial charge in [-0.3, -0.25) is 13.9 Å². The number of amides is 2. The zero-order chi connectivity index (χ0) is 30.2. The van der Waals surface area contributed by atoms with Crippen molar-refractivity contribution in [2.24, 2.45) is 0 Å². The van der Waals surface area contributed by atoms with Gasteiger partial charge in [0.25, 0.3) is 10.0 Å². The molecule has 0 aliphatic heterocycles. The number of hydrogen-bond donors (Lipinski definition) is 1. The lowest BCUT2D eigenvalue weighted by Gasteiger charge is -2.33. The first-order chi connectivity index (χ1) is 19.5. The summed E-state index contributed by atoms with van der Waals surface area (Å²) < 4.78 is 47.8. The first-order valence-electron chi connectivity index (χ1n) is 13.3. The Morgan fingerprint density at radius 2 is 1.71 bits per heavy atom. The minimum absolute atomic E-state index is 0.00652. The fourth-order valence-corrected chi connectivity index (χ4v) is 5.82. The Balaban J connectivity index is 2.08. The van der Waals surface area contributed by atoms with E-state index >= 15 is 0 Å². The van der Waals surface area contributed by atoms with Gasteiger partial charge >= 0.3 is 0 Å². The Morgan fingerprint density at radius 1 is 1.00 bits per heavy atom. The van der Waals surface area contributed by atoms with Crippen LogP contribution in [0.3, 0.4) is 0 Å². The van der Waals surface area contributed by atoms with E-state index in [0.29, 0.717) is 17.7 Å². The molecule has 3 aromatic carbocycles. The van der Waals surface area contributed by atoms with Crippen LogP contribution in [0.2, 0.25) is 5.02 Å². The van der Waals surface area contributed by atoms with Crippen LogP contribution in [0.5, 0.6) is 5.75 Å². The molecule has 0 radical (unpaired) electrons. The van der Waals surface area contributed by atoms with Crippen molar-refractivity contribution >= 4 is 39.1 Å². The van der Waals surface area contributed by atoms with Gasteiger partial charge in [-0.15, -0.1) is 0 Å². The minimum Gasteiger partial charge on any atom is -0.497 e. The van der Waals surface area contributed by atoms with E-state index in [9.17, 15) is 22.4 Å². The first-order valence-corrected chi connectivity index (χ1v) is 15.1. The van der Waals surface area contributed by atoms with Crippen LogP contribution in [0.1, 0.15) is 39.2 Å². The molecule has 0 aliphatic rings. The van der Waals surface area contributed by atoms with Crippen LogP contribution in [-0.2, 0) is 26.2 Å². The van der Waals surface area contributed by atoms with Crippen LogP contribution in [0.15, 0.2) is 77.7 Å². The molecule has 220 valence electrons. The number of carbonyl (C=O) groups is 2. The molecule has 0 heterocycles. The average molecular weight is 604 g/mol. The molecule has 0 unspecified atom stereocenters. The van der Waals surface area contributed by atoms with E-state index in [1.165, 1.54) is 30.2 Å². The van der Waals surface area contributed by atoms with E-state index in [4.69, 9.17) is 16.3 Å². The lowest BCUT2D eigenvalue weighted by atomic mass is 10.1. The number of rotatable bonds is 13. The molecule has 0 aliphatic carbocycles. The summed E-state index contributed by atoms with van der Waals surface area (Å²) >= 11 is 6.01. The number of anilines is 1. The Labute approximate surface area is 246 Å². The highest BCUT2D eigenvalue weighted by Gasteiger charge is 2.34. The molecule has 2 atom stereocenters. The number of nitrogens with one attached hydrogen (secondary N) is 1. The summed E-state index contributed by atoms with van der Waals surface area (Å²) in [7, 11) is -2.76. The van der Waals surface area contributed by atoms with E-state index in [2.05, 4.69) is 5.32 Å². The summed E-state index contributed by atoms with van der Waals surface area (Å²) in [6.07, 6.45) is 0.978. The highest BCUT2D eigenvalue weighted by molar-refractivity contribution is 7.92. The van der Waals surface area contributed by atoms with E-state index < -0.39 is 34.3 Å². The molecule has 2 amide bonds. The van der Waals surface area contributed by atoms with Crippen molar-refractivity contribution in [2.45, 2.75) is 57.1 Å². The molecule has 0 aromatic heterocycles. The second-order valence-electron chi connectivity index (χ2n) is 9.54. The number of benzene rings is 3. The summed E-state index contributed by atoms with van der Waals surface area (Å²) in [4.78, 5) is 28.7. The Bertz CT molecular complexity index is 1460. The maximum absolute atomic E-state index is 14.1. The third-order valence-corrected chi connectivity index (χ3v) is 8.75. The number of ether oxygens (including phenoxy) is 1. The molecule has 0 fully saturated rings. The molecule has 11 heteroatoms. The molecule has 3 rings (SSSR count). The fourth-order valence-electron chi connectivity index (χ4n) is 4.22. The molecule has 1 N–H and O–H groups in total. The van der Waals surface area contributed by atoms with Crippen LogP contribution in [0.25, 0.3) is 0 Å². The summed E-state index contributed by atoms with van der Waals surface area (Å²) in [5.41, 5.74) is 0.696. The Hall–Kier alpha value is -3.63. The quantitative estimate of drug-likeness (QED) is 0.282. The maximum atomic E-state index is 14.1. The standard InChI is InChI=1S/C30H35ClFN3O5S/c1-5-21(3)33-30(37)28(6-2)34(19-22-11-10-12-24(17-22)40-4)29(36)20-35(23-15-16-27(32)26(31)18-23)41(38,39)25-13-8-7-9-14-25/h7-18,21,28H,5-6,19-20H2,1-4H3,(H,33,37)/t21-,28+/m1/s1. The van der Waals surface area contributed by atoms with Gasteiger partial charge in [0.15, 0.2) is 0 Å². The molecule has 0 saturated carbocycles. The normalized spacial score (nSPS) is 12.7. The van der Waals surface area contributed by atoms with Gasteiger partial charge < -0.3 is 15.0 Å². The largest absolute Gasteiger partial charge is 0.497 e. The van der Waals surface area contributed by atoms with Crippen LogP contribution in [0.4, 0.5) is 10.1 Å². The predicted octanol–water partition coefficient (Wildman–Crippen LogP) is 5.41. The van der Waals surface area contributed by atoms with Gasteiger partial charge in [0.2, 0.25) is 11.8 Å². The van der Waals surface area contributed by atoms with Crippen molar-refractivity contribution in [3.05, 3.63) is 89.2 Å². The number of carbonyl (C=O) groups excluding carboxylic acids is 2. The van der Waals surface area contributed by atoms with Gasteiger partial charge in [-0.05, 0) is 67.8 Å².